The van der Waals surface area contributed by atoms with Gasteiger partial charge in [-0.15, -0.1) is 11.6 Å². The van der Waals surface area contributed by atoms with E-state index in [2.05, 4.69) is 5.32 Å². The highest BCUT2D eigenvalue weighted by Crippen LogP contribution is 2.26. The highest BCUT2D eigenvalue weighted by molar-refractivity contribution is 6.22. The number of piperidine rings is 1. The van der Waals surface area contributed by atoms with Crippen LogP contribution >= 0.6 is 11.6 Å². The average molecular weight is 420 g/mol. The molecule has 0 unspecified atom stereocenters. The standard InChI is InChI=1S/C21H26ClN3O4/c1-13(2)25-20(28)16-6-5-14(12-17(16)21(25)29)19(27)23-15-7-10-24(11-8-15)18(26)4-3-9-22/h5-6,12-13,15H,3-4,7-11H2,1-2H3,(H,23,27). The van der Waals surface area contributed by atoms with E-state index in [-0.39, 0.29) is 41.3 Å². The van der Waals surface area contributed by atoms with E-state index in [0.717, 1.165) is 0 Å². The molecule has 4 amide bonds. The van der Waals surface area contributed by atoms with Gasteiger partial charge >= 0.3 is 0 Å². The lowest BCUT2D eigenvalue weighted by Crippen LogP contribution is -2.46. The van der Waals surface area contributed by atoms with Crippen LogP contribution in [-0.4, -0.2) is 64.5 Å². The number of likely N-dealkylation sites (tertiary alicyclic amines) is 1. The predicted octanol–water partition coefficient (Wildman–Crippen LogP) is 2.43. The normalized spacial score (nSPS) is 17.1. The van der Waals surface area contributed by atoms with Gasteiger partial charge in [0.25, 0.3) is 17.7 Å². The third-order valence-electron chi connectivity index (χ3n) is 5.40. The van der Waals surface area contributed by atoms with Gasteiger partial charge in [0, 0.05) is 43.0 Å². The Morgan fingerprint density at radius 1 is 1.14 bits per heavy atom. The fourth-order valence-corrected chi connectivity index (χ4v) is 3.92. The molecule has 2 heterocycles. The van der Waals surface area contributed by atoms with Crippen molar-refractivity contribution in [2.24, 2.45) is 0 Å². The van der Waals surface area contributed by atoms with E-state index in [0.29, 0.717) is 55.8 Å². The number of benzene rings is 1. The van der Waals surface area contributed by atoms with Crippen molar-refractivity contribution in [1.29, 1.82) is 0 Å². The molecule has 1 saturated heterocycles. The molecule has 2 aliphatic rings. The van der Waals surface area contributed by atoms with Crippen LogP contribution in [0, 0.1) is 0 Å². The minimum absolute atomic E-state index is 0.0303. The monoisotopic (exact) mass is 419 g/mol. The first-order valence-electron chi connectivity index (χ1n) is 10.00. The van der Waals surface area contributed by atoms with Crippen molar-refractivity contribution >= 4 is 35.2 Å². The van der Waals surface area contributed by atoms with E-state index >= 15 is 0 Å². The van der Waals surface area contributed by atoms with Crippen molar-refractivity contribution in [3.8, 4) is 0 Å². The minimum atomic E-state index is -0.363. The third-order valence-corrected chi connectivity index (χ3v) is 5.67. The number of carbonyl (C=O) groups is 4. The maximum Gasteiger partial charge on any atom is 0.261 e. The van der Waals surface area contributed by atoms with Gasteiger partial charge in [-0.3, -0.25) is 24.1 Å². The molecule has 1 aromatic rings. The highest BCUT2D eigenvalue weighted by Gasteiger charge is 2.37. The SMILES string of the molecule is CC(C)N1C(=O)c2ccc(C(=O)NC3CCN(C(=O)CCCCl)CC3)cc2C1=O. The molecule has 0 spiro atoms. The summed E-state index contributed by atoms with van der Waals surface area (Å²) >= 11 is 5.64. The summed E-state index contributed by atoms with van der Waals surface area (Å²) in [7, 11) is 0. The van der Waals surface area contributed by atoms with Crippen molar-refractivity contribution in [2.75, 3.05) is 19.0 Å². The number of carbonyl (C=O) groups excluding carboxylic acids is 4. The smallest absolute Gasteiger partial charge is 0.261 e. The summed E-state index contributed by atoms with van der Waals surface area (Å²) in [5.41, 5.74) is 0.969. The molecule has 8 heteroatoms. The summed E-state index contributed by atoms with van der Waals surface area (Å²) in [6, 6.07) is 4.35. The van der Waals surface area contributed by atoms with Crippen molar-refractivity contribution in [2.45, 2.75) is 51.6 Å². The zero-order valence-corrected chi connectivity index (χ0v) is 17.5. The van der Waals surface area contributed by atoms with Crippen LogP contribution in [0.5, 0.6) is 0 Å². The topological polar surface area (TPSA) is 86.8 Å². The number of hydrogen-bond donors (Lipinski definition) is 1. The zero-order valence-electron chi connectivity index (χ0n) is 16.7. The lowest BCUT2D eigenvalue weighted by molar-refractivity contribution is -0.132. The van der Waals surface area contributed by atoms with Crippen LogP contribution in [-0.2, 0) is 4.79 Å². The Balaban J connectivity index is 1.60. The van der Waals surface area contributed by atoms with Gasteiger partial charge in [0.2, 0.25) is 5.91 Å². The molecule has 2 aliphatic heterocycles. The molecule has 0 bridgehead atoms. The van der Waals surface area contributed by atoms with E-state index in [9.17, 15) is 19.2 Å². The Morgan fingerprint density at radius 2 is 1.79 bits per heavy atom. The molecule has 29 heavy (non-hydrogen) atoms. The Hall–Kier alpha value is -2.41. The second-order valence-electron chi connectivity index (χ2n) is 7.76. The number of amides is 4. The van der Waals surface area contributed by atoms with Gasteiger partial charge in [-0.2, -0.15) is 0 Å². The summed E-state index contributed by atoms with van der Waals surface area (Å²) in [5.74, 6) is -0.381. The van der Waals surface area contributed by atoms with Gasteiger partial charge in [0.05, 0.1) is 11.1 Å². The fourth-order valence-electron chi connectivity index (χ4n) is 3.79. The molecule has 1 fully saturated rings. The Labute approximate surface area is 175 Å². The van der Waals surface area contributed by atoms with Crippen LogP contribution < -0.4 is 5.32 Å². The number of halogens is 1. The quantitative estimate of drug-likeness (QED) is 0.566. The molecule has 156 valence electrons. The Bertz CT molecular complexity index is 831. The zero-order chi connectivity index (χ0) is 21.1. The van der Waals surface area contributed by atoms with Gasteiger partial charge in [-0.1, -0.05) is 0 Å². The Kier molecular flexibility index (Phi) is 6.57. The summed E-state index contributed by atoms with van der Waals surface area (Å²) in [4.78, 5) is 52.6. The molecule has 1 N–H and O–H groups in total. The number of nitrogens with one attached hydrogen (secondary N) is 1. The predicted molar refractivity (Wildman–Crippen MR) is 109 cm³/mol. The number of alkyl halides is 1. The van der Waals surface area contributed by atoms with E-state index < -0.39 is 0 Å². The second-order valence-corrected chi connectivity index (χ2v) is 8.13. The fraction of sp³-hybridized carbons (Fsp3) is 0.524. The molecule has 1 aromatic carbocycles. The van der Waals surface area contributed by atoms with Crippen LogP contribution in [0.15, 0.2) is 18.2 Å². The van der Waals surface area contributed by atoms with Gasteiger partial charge < -0.3 is 10.2 Å². The van der Waals surface area contributed by atoms with E-state index in [1.54, 1.807) is 26.0 Å². The van der Waals surface area contributed by atoms with Gasteiger partial charge in [-0.05, 0) is 51.3 Å². The molecule has 7 nitrogen and oxygen atoms in total. The number of nitrogens with zero attached hydrogens (tertiary/aromatic N) is 2. The van der Waals surface area contributed by atoms with Crippen molar-refractivity contribution < 1.29 is 19.2 Å². The molecule has 0 saturated carbocycles. The van der Waals surface area contributed by atoms with Crippen molar-refractivity contribution in [3.05, 3.63) is 34.9 Å². The van der Waals surface area contributed by atoms with E-state index in [1.165, 1.54) is 11.0 Å². The lowest BCUT2D eigenvalue weighted by atomic mass is 10.0. The minimum Gasteiger partial charge on any atom is -0.349 e. The molecule has 0 aliphatic carbocycles. The van der Waals surface area contributed by atoms with Crippen LogP contribution in [0.1, 0.15) is 70.6 Å². The summed E-state index contributed by atoms with van der Waals surface area (Å²) in [6.45, 7) is 4.77. The summed E-state index contributed by atoms with van der Waals surface area (Å²) in [5, 5.41) is 2.98. The maximum atomic E-state index is 12.7. The van der Waals surface area contributed by atoms with E-state index in [1.807, 2.05) is 4.90 Å². The van der Waals surface area contributed by atoms with E-state index in [4.69, 9.17) is 11.6 Å². The van der Waals surface area contributed by atoms with Crippen LogP contribution in [0.3, 0.4) is 0 Å². The lowest BCUT2D eigenvalue weighted by Gasteiger charge is -2.32. The second kappa shape index (κ2) is 8.95. The molecule has 0 aromatic heterocycles. The molecular weight excluding hydrogens is 394 g/mol. The molecule has 0 atom stereocenters. The molecule has 0 radical (unpaired) electrons. The average Bonchev–Trinajstić information content (AvgIpc) is 2.96. The first kappa shape index (κ1) is 21.3. The number of hydrogen-bond acceptors (Lipinski definition) is 4. The van der Waals surface area contributed by atoms with Crippen molar-refractivity contribution in [3.63, 3.8) is 0 Å². The van der Waals surface area contributed by atoms with Crippen LogP contribution in [0.25, 0.3) is 0 Å². The van der Waals surface area contributed by atoms with Gasteiger partial charge in [0.15, 0.2) is 0 Å². The van der Waals surface area contributed by atoms with Gasteiger partial charge in [0.1, 0.15) is 0 Å². The summed E-state index contributed by atoms with van der Waals surface area (Å²) < 4.78 is 0. The van der Waals surface area contributed by atoms with Crippen LogP contribution in [0.2, 0.25) is 0 Å². The summed E-state index contributed by atoms with van der Waals surface area (Å²) in [6.07, 6.45) is 2.49. The first-order chi connectivity index (χ1) is 13.8. The van der Waals surface area contributed by atoms with Gasteiger partial charge in [-0.25, -0.2) is 0 Å². The first-order valence-corrected chi connectivity index (χ1v) is 10.5. The van der Waals surface area contributed by atoms with Crippen LogP contribution in [0.4, 0.5) is 0 Å². The Morgan fingerprint density at radius 3 is 2.41 bits per heavy atom. The number of imide groups is 1. The number of fused-ring (bicyclic) bond motifs is 1. The number of rotatable bonds is 6. The maximum absolute atomic E-state index is 12.7. The third kappa shape index (κ3) is 4.45. The molecule has 3 rings (SSSR count). The highest BCUT2D eigenvalue weighted by atomic mass is 35.5. The largest absolute Gasteiger partial charge is 0.349 e. The molecular formula is C21H26ClN3O4. The van der Waals surface area contributed by atoms with Crippen molar-refractivity contribution in [1.82, 2.24) is 15.1 Å².